The number of carbonyl (C=O) groups excluding carboxylic acids is 1. The standard InChI is InChI=1S/C24H34F13NO3/c1-2-3-9-13-18(41)38-16(15-39)17(40)12-10-7-5-4-6-8-11-14-19(25,26)20(27,28)21(29,30)22(31,32)23(33,34)24(35,36)37/h10,12,16-17,39-40H,2-9,11,13-15H2,1H3,(H,38,41)/b12-10+/t16-,17+/m0/s1. The van der Waals surface area contributed by atoms with Crippen molar-refractivity contribution in [1.82, 2.24) is 5.32 Å². The lowest BCUT2D eigenvalue weighted by Crippen LogP contribution is -2.70. The average Bonchev–Trinajstić information content (AvgIpc) is 2.84. The van der Waals surface area contributed by atoms with Crippen molar-refractivity contribution in [1.29, 1.82) is 0 Å². The van der Waals surface area contributed by atoms with Gasteiger partial charge in [-0.3, -0.25) is 4.79 Å². The molecule has 0 fully saturated rings. The van der Waals surface area contributed by atoms with E-state index in [0.29, 0.717) is 19.3 Å². The molecule has 17 heteroatoms. The number of amides is 1. The Labute approximate surface area is 228 Å². The molecule has 0 unspecified atom stereocenters. The fourth-order valence-electron chi connectivity index (χ4n) is 3.52. The Bertz CT molecular complexity index is 817. The third-order valence-corrected chi connectivity index (χ3v) is 6.16. The van der Waals surface area contributed by atoms with Crippen LogP contribution in [0.5, 0.6) is 0 Å². The van der Waals surface area contributed by atoms with Gasteiger partial charge in [0, 0.05) is 12.8 Å². The van der Waals surface area contributed by atoms with E-state index in [9.17, 15) is 72.1 Å². The van der Waals surface area contributed by atoms with Gasteiger partial charge in [0.2, 0.25) is 5.91 Å². The van der Waals surface area contributed by atoms with Gasteiger partial charge in [0.05, 0.1) is 18.8 Å². The lowest BCUT2D eigenvalue weighted by Gasteiger charge is -2.39. The van der Waals surface area contributed by atoms with Crippen molar-refractivity contribution in [3.63, 3.8) is 0 Å². The molecule has 0 aliphatic carbocycles. The third-order valence-electron chi connectivity index (χ3n) is 6.16. The second-order valence-electron chi connectivity index (χ2n) is 9.54. The highest BCUT2D eigenvalue weighted by atomic mass is 19.4. The molecule has 0 aromatic rings. The minimum atomic E-state index is -7.89. The molecule has 0 spiro atoms. The fraction of sp³-hybridized carbons (Fsp3) is 0.875. The van der Waals surface area contributed by atoms with Gasteiger partial charge >= 0.3 is 35.8 Å². The van der Waals surface area contributed by atoms with Gasteiger partial charge in [0.25, 0.3) is 0 Å². The van der Waals surface area contributed by atoms with E-state index in [0.717, 1.165) is 12.8 Å². The number of unbranched alkanes of at least 4 members (excludes halogenated alkanes) is 7. The number of nitrogens with one attached hydrogen (secondary N) is 1. The number of aliphatic hydroxyl groups excluding tert-OH is 2. The smallest absolute Gasteiger partial charge is 0.394 e. The summed E-state index contributed by atoms with van der Waals surface area (Å²) in [6, 6.07) is -0.966. The summed E-state index contributed by atoms with van der Waals surface area (Å²) in [7, 11) is 0. The summed E-state index contributed by atoms with van der Waals surface area (Å²) >= 11 is 0. The Morgan fingerprint density at radius 2 is 1.24 bits per heavy atom. The molecule has 0 aliphatic rings. The number of halogens is 13. The van der Waals surface area contributed by atoms with Crippen LogP contribution in [0.2, 0.25) is 0 Å². The summed E-state index contributed by atoms with van der Waals surface area (Å²) in [6.07, 6.45) is -5.87. The van der Waals surface area contributed by atoms with Gasteiger partial charge in [0.1, 0.15) is 0 Å². The molecular formula is C24H34F13NO3. The molecule has 244 valence electrons. The van der Waals surface area contributed by atoms with Gasteiger partial charge in [-0.15, -0.1) is 0 Å². The quantitative estimate of drug-likeness (QED) is 0.0744. The van der Waals surface area contributed by atoms with E-state index in [1.807, 2.05) is 6.92 Å². The Morgan fingerprint density at radius 1 is 0.732 bits per heavy atom. The van der Waals surface area contributed by atoms with E-state index in [-0.39, 0.29) is 31.6 Å². The summed E-state index contributed by atoms with van der Waals surface area (Å²) < 4.78 is 170. The first kappa shape index (κ1) is 39.2. The molecule has 4 nitrogen and oxygen atoms in total. The topological polar surface area (TPSA) is 69.6 Å². The SMILES string of the molecule is CCCCCC(=O)N[C@@H](CO)[C@H](O)/C=C/CCCCCCCC(F)(F)C(F)(F)C(F)(F)C(F)(F)C(F)(F)C(F)(F)F. The van der Waals surface area contributed by atoms with Crippen LogP contribution in [0.1, 0.15) is 77.6 Å². The molecule has 41 heavy (non-hydrogen) atoms. The molecule has 1 amide bonds. The average molecular weight is 632 g/mol. The van der Waals surface area contributed by atoms with Crippen molar-refractivity contribution in [2.45, 2.75) is 125 Å². The van der Waals surface area contributed by atoms with E-state index in [1.54, 1.807) is 0 Å². The predicted molar refractivity (Wildman–Crippen MR) is 121 cm³/mol. The Hall–Kier alpha value is -1.78. The highest BCUT2D eigenvalue weighted by Crippen LogP contribution is 2.60. The van der Waals surface area contributed by atoms with Crippen LogP contribution in [0.15, 0.2) is 12.2 Å². The summed E-state index contributed by atoms with van der Waals surface area (Å²) in [5.74, 6) is -37.0. The van der Waals surface area contributed by atoms with Crippen LogP contribution < -0.4 is 5.32 Å². The van der Waals surface area contributed by atoms with Gasteiger partial charge in [0.15, 0.2) is 0 Å². The number of rotatable bonds is 20. The zero-order valence-electron chi connectivity index (χ0n) is 22.0. The summed E-state index contributed by atoms with van der Waals surface area (Å²) in [6.45, 7) is 1.39. The summed E-state index contributed by atoms with van der Waals surface area (Å²) in [5.41, 5.74) is 0. The minimum absolute atomic E-state index is 0.0455. The lowest BCUT2D eigenvalue weighted by molar-refractivity contribution is -0.440. The number of hydrogen-bond acceptors (Lipinski definition) is 3. The van der Waals surface area contributed by atoms with Gasteiger partial charge in [-0.2, -0.15) is 57.1 Å². The maximum Gasteiger partial charge on any atom is 0.460 e. The Kier molecular flexibility index (Phi) is 14.9. The van der Waals surface area contributed by atoms with Crippen molar-refractivity contribution in [3.05, 3.63) is 12.2 Å². The van der Waals surface area contributed by atoms with Crippen LogP contribution in [0.4, 0.5) is 57.1 Å². The predicted octanol–water partition coefficient (Wildman–Crippen LogP) is 7.43. The molecule has 2 atom stereocenters. The van der Waals surface area contributed by atoms with Gasteiger partial charge < -0.3 is 15.5 Å². The second-order valence-corrected chi connectivity index (χ2v) is 9.54. The van der Waals surface area contributed by atoms with Crippen molar-refractivity contribution >= 4 is 5.91 Å². The van der Waals surface area contributed by atoms with Crippen LogP contribution in [-0.4, -0.2) is 70.7 Å². The summed E-state index contributed by atoms with van der Waals surface area (Å²) in [4.78, 5) is 11.8. The van der Waals surface area contributed by atoms with Gasteiger partial charge in [-0.25, -0.2) is 0 Å². The van der Waals surface area contributed by atoms with Gasteiger partial charge in [-0.1, -0.05) is 51.2 Å². The Balaban J connectivity index is 4.73. The number of hydrogen-bond donors (Lipinski definition) is 3. The van der Waals surface area contributed by atoms with E-state index < -0.39 is 67.4 Å². The van der Waals surface area contributed by atoms with E-state index >= 15 is 0 Å². The first-order valence-electron chi connectivity index (χ1n) is 12.8. The van der Waals surface area contributed by atoms with Crippen molar-refractivity contribution < 1.29 is 72.1 Å². The first-order valence-corrected chi connectivity index (χ1v) is 12.8. The first-order chi connectivity index (χ1) is 18.5. The molecule has 0 rings (SSSR count). The monoisotopic (exact) mass is 631 g/mol. The second kappa shape index (κ2) is 15.6. The minimum Gasteiger partial charge on any atom is -0.394 e. The summed E-state index contributed by atoms with van der Waals surface area (Å²) in [5, 5.41) is 21.9. The zero-order valence-corrected chi connectivity index (χ0v) is 22.0. The molecule has 0 aliphatic heterocycles. The highest BCUT2D eigenvalue weighted by molar-refractivity contribution is 5.76. The number of allylic oxidation sites excluding steroid dienone is 1. The molecule has 0 heterocycles. The van der Waals surface area contributed by atoms with Crippen LogP contribution in [0.3, 0.4) is 0 Å². The van der Waals surface area contributed by atoms with Gasteiger partial charge in [-0.05, 0) is 25.7 Å². The largest absolute Gasteiger partial charge is 0.460 e. The highest BCUT2D eigenvalue weighted by Gasteiger charge is 2.90. The maximum absolute atomic E-state index is 13.7. The number of carbonyl (C=O) groups is 1. The Morgan fingerprint density at radius 3 is 1.76 bits per heavy atom. The molecule has 0 radical (unpaired) electrons. The normalized spacial score (nSPS) is 15.8. The third kappa shape index (κ3) is 9.89. The van der Waals surface area contributed by atoms with Crippen molar-refractivity contribution in [2.24, 2.45) is 0 Å². The fourth-order valence-corrected chi connectivity index (χ4v) is 3.52. The molecule has 0 aromatic heterocycles. The number of aliphatic hydroxyl groups is 2. The lowest BCUT2D eigenvalue weighted by atomic mass is 9.91. The van der Waals surface area contributed by atoms with E-state index in [1.165, 1.54) is 12.2 Å². The molecule has 0 aromatic carbocycles. The molecule has 0 bridgehead atoms. The zero-order chi connectivity index (χ0) is 32.3. The van der Waals surface area contributed by atoms with Crippen LogP contribution in [0.25, 0.3) is 0 Å². The van der Waals surface area contributed by atoms with Crippen molar-refractivity contribution in [2.75, 3.05) is 6.61 Å². The molecule has 0 saturated heterocycles. The molecule has 0 saturated carbocycles. The molecule has 3 N–H and O–H groups in total. The van der Waals surface area contributed by atoms with Crippen molar-refractivity contribution in [3.8, 4) is 0 Å². The van der Waals surface area contributed by atoms with E-state index in [2.05, 4.69) is 5.32 Å². The molecular weight excluding hydrogens is 597 g/mol. The van der Waals surface area contributed by atoms with E-state index in [4.69, 9.17) is 0 Å². The van der Waals surface area contributed by atoms with Crippen LogP contribution in [0, 0.1) is 0 Å². The maximum atomic E-state index is 13.7. The van der Waals surface area contributed by atoms with Crippen LogP contribution in [-0.2, 0) is 4.79 Å². The van der Waals surface area contributed by atoms with Crippen LogP contribution >= 0.6 is 0 Å². The number of alkyl halides is 13.